The van der Waals surface area contributed by atoms with Crippen molar-refractivity contribution in [1.29, 1.82) is 0 Å². The van der Waals surface area contributed by atoms with E-state index < -0.39 is 0 Å². The molecular formula is C21H23NO2. The van der Waals surface area contributed by atoms with Gasteiger partial charge < -0.3 is 14.8 Å². The fourth-order valence-corrected chi connectivity index (χ4v) is 2.56. The molecule has 0 saturated heterocycles. The molecule has 3 heteroatoms. The molecule has 3 nitrogen and oxygen atoms in total. The molecule has 0 unspecified atom stereocenters. The van der Waals surface area contributed by atoms with E-state index >= 15 is 0 Å². The third kappa shape index (κ3) is 3.99. The first-order chi connectivity index (χ1) is 11.8. The summed E-state index contributed by atoms with van der Waals surface area (Å²) in [4.78, 5) is 0. The van der Waals surface area contributed by atoms with Gasteiger partial charge in [-0.25, -0.2) is 0 Å². The van der Waals surface area contributed by atoms with Gasteiger partial charge in [-0.3, -0.25) is 0 Å². The fourth-order valence-electron chi connectivity index (χ4n) is 2.56. The summed E-state index contributed by atoms with van der Waals surface area (Å²) in [5, 5.41) is 5.69. The highest BCUT2D eigenvalue weighted by molar-refractivity contribution is 5.87. The van der Waals surface area contributed by atoms with Crippen molar-refractivity contribution in [2.24, 2.45) is 0 Å². The van der Waals surface area contributed by atoms with E-state index in [1.54, 1.807) is 0 Å². The third-order valence-corrected chi connectivity index (χ3v) is 3.72. The van der Waals surface area contributed by atoms with E-state index in [2.05, 4.69) is 49.5 Å². The second-order valence-corrected chi connectivity index (χ2v) is 5.68. The van der Waals surface area contributed by atoms with Gasteiger partial charge in [0, 0.05) is 12.2 Å². The number of anilines is 1. The van der Waals surface area contributed by atoms with Crippen LogP contribution < -0.4 is 14.8 Å². The molecule has 0 aromatic heterocycles. The van der Waals surface area contributed by atoms with Crippen LogP contribution in [-0.2, 0) is 0 Å². The predicted molar refractivity (Wildman–Crippen MR) is 100 cm³/mol. The Labute approximate surface area is 143 Å². The van der Waals surface area contributed by atoms with Gasteiger partial charge in [-0.2, -0.15) is 0 Å². The minimum Gasteiger partial charge on any atom is -0.494 e. The van der Waals surface area contributed by atoms with Crippen LogP contribution in [0.25, 0.3) is 10.8 Å². The molecule has 0 bridgehead atoms. The van der Waals surface area contributed by atoms with Gasteiger partial charge in [-0.1, -0.05) is 19.1 Å². The van der Waals surface area contributed by atoms with E-state index in [0.717, 1.165) is 47.9 Å². The van der Waals surface area contributed by atoms with Gasteiger partial charge in [0.15, 0.2) is 0 Å². The number of hydrogen-bond donors (Lipinski definition) is 1. The molecule has 0 saturated carbocycles. The summed E-state index contributed by atoms with van der Waals surface area (Å²) in [5.41, 5.74) is 1.14. The maximum absolute atomic E-state index is 5.95. The lowest BCUT2D eigenvalue weighted by atomic mass is 10.1. The van der Waals surface area contributed by atoms with Crippen LogP contribution >= 0.6 is 0 Å². The monoisotopic (exact) mass is 321 g/mol. The minimum atomic E-state index is 0.736. The lowest BCUT2D eigenvalue weighted by Gasteiger charge is -2.10. The molecule has 0 atom stereocenters. The number of benzene rings is 3. The Balaban J connectivity index is 1.73. The van der Waals surface area contributed by atoms with Crippen LogP contribution in [0.15, 0.2) is 60.7 Å². The van der Waals surface area contributed by atoms with Crippen LogP contribution in [-0.4, -0.2) is 13.2 Å². The Kier molecular flexibility index (Phi) is 5.22. The van der Waals surface area contributed by atoms with Gasteiger partial charge in [-0.05, 0) is 72.6 Å². The van der Waals surface area contributed by atoms with E-state index in [0.29, 0.717) is 0 Å². The van der Waals surface area contributed by atoms with Crippen molar-refractivity contribution < 1.29 is 9.47 Å². The molecule has 0 spiro atoms. The first-order valence-electron chi connectivity index (χ1n) is 8.47. The normalized spacial score (nSPS) is 10.6. The van der Waals surface area contributed by atoms with Gasteiger partial charge in [0.05, 0.1) is 6.61 Å². The highest BCUT2D eigenvalue weighted by Crippen LogP contribution is 2.28. The Bertz CT molecular complexity index is 797. The van der Waals surface area contributed by atoms with E-state index in [-0.39, 0.29) is 0 Å². The summed E-state index contributed by atoms with van der Waals surface area (Å²) in [5.74, 6) is 2.52. The second-order valence-electron chi connectivity index (χ2n) is 5.68. The van der Waals surface area contributed by atoms with E-state index in [1.165, 1.54) is 5.39 Å². The van der Waals surface area contributed by atoms with Crippen LogP contribution in [0.3, 0.4) is 0 Å². The van der Waals surface area contributed by atoms with E-state index in [1.807, 2.05) is 30.3 Å². The highest BCUT2D eigenvalue weighted by atomic mass is 16.5. The Morgan fingerprint density at radius 3 is 2.17 bits per heavy atom. The van der Waals surface area contributed by atoms with Crippen molar-refractivity contribution in [2.75, 3.05) is 18.5 Å². The molecule has 0 aliphatic heterocycles. The topological polar surface area (TPSA) is 30.5 Å². The zero-order valence-corrected chi connectivity index (χ0v) is 14.2. The highest BCUT2D eigenvalue weighted by Gasteiger charge is 2.02. The molecule has 3 rings (SSSR count). The molecule has 0 heterocycles. The third-order valence-electron chi connectivity index (χ3n) is 3.72. The van der Waals surface area contributed by atoms with Crippen LogP contribution in [0.4, 0.5) is 5.69 Å². The standard InChI is InChI=1S/C21H23NO2/c1-3-13-23-19-9-11-20(12-10-19)24-21-8-6-16-14-18(22-4-2)7-5-17(16)15-21/h5-12,14-15,22H,3-4,13H2,1-2H3. The number of ether oxygens (including phenoxy) is 2. The minimum absolute atomic E-state index is 0.736. The van der Waals surface area contributed by atoms with Gasteiger partial charge in [0.2, 0.25) is 0 Å². The molecule has 0 fully saturated rings. The molecule has 3 aromatic carbocycles. The van der Waals surface area contributed by atoms with Gasteiger partial charge >= 0.3 is 0 Å². The zero-order chi connectivity index (χ0) is 16.8. The van der Waals surface area contributed by atoms with Crippen molar-refractivity contribution in [3.05, 3.63) is 60.7 Å². The van der Waals surface area contributed by atoms with Crippen molar-refractivity contribution >= 4 is 16.5 Å². The molecule has 3 aromatic rings. The van der Waals surface area contributed by atoms with Crippen molar-refractivity contribution in [1.82, 2.24) is 0 Å². The maximum atomic E-state index is 5.95. The SMILES string of the molecule is CCCOc1ccc(Oc2ccc3cc(NCC)ccc3c2)cc1. The maximum Gasteiger partial charge on any atom is 0.128 e. The molecule has 124 valence electrons. The fraction of sp³-hybridized carbons (Fsp3) is 0.238. The average Bonchev–Trinajstić information content (AvgIpc) is 2.61. The first-order valence-corrected chi connectivity index (χ1v) is 8.47. The molecule has 0 aliphatic carbocycles. The summed E-state index contributed by atoms with van der Waals surface area (Å²) in [6.45, 7) is 5.85. The Morgan fingerprint density at radius 2 is 1.42 bits per heavy atom. The van der Waals surface area contributed by atoms with Gasteiger partial charge in [0.25, 0.3) is 0 Å². The molecule has 24 heavy (non-hydrogen) atoms. The van der Waals surface area contributed by atoms with E-state index in [4.69, 9.17) is 9.47 Å². The Morgan fingerprint density at radius 1 is 0.750 bits per heavy atom. The number of rotatable bonds is 7. The lowest BCUT2D eigenvalue weighted by molar-refractivity contribution is 0.317. The summed E-state index contributed by atoms with van der Waals surface area (Å²) in [6.07, 6.45) is 1.00. The zero-order valence-electron chi connectivity index (χ0n) is 14.2. The smallest absolute Gasteiger partial charge is 0.128 e. The van der Waals surface area contributed by atoms with E-state index in [9.17, 15) is 0 Å². The summed E-state index contributed by atoms with van der Waals surface area (Å²) in [6, 6.07) is 20.3. The van der Waals surface area contributed by atoms with Crippen LogP contribution in [0, 0.1) is 0 Å². The molecule has 1 N–H and O–H groups in total. The predicted octanol–water partition coefficient (Wildman–Crippen LogP) is 5.85. The van der Waals surface area contributed by atoms with Crippen LogP contribution in [0.1, 0.15) is 20.3 Å². The molecule has 0 amide bonds. The van der Waals surface area contributed by atoms with Crippen LogP contribution in [0.5, 0.6) is 17.2 Å². The van der Waals surface area contributed by atoms with Crippen molar-refractivity contribution in [3.8, 4) is 17.2 Å². The second kappa shape index (κ2) is 7.73. The largest absolute Gasteiger partial charge is 0.494 e. The first kappa shape index (κ1) is 16.2. The van der Waals surface area contributed by atoms with Gasteiger partial charge in [0.1, 0.15) is 17.2 Å². The van der Waals surface area contributed by atoms with Crippen molar-refractivity contribution in [2.45, 2.75) is 20.3 Å². The molecule has 0 aliphatic rings. The molecule has 0 radical (unpaired) electrons. The lowest BCUT2D eigenvalue weighted by Crippen LogP contribution is -1.95. The van der Waals surface area contributed by atoms with Gasteiger partial charge in [-0.15, -0.1) is 0 Å². The summed E-state index contributed by atoms with van der Waals surface area (Å²) < 4.78 is 11.5. The Hall–Kier alpha value is -2.68. The summed E-state index contributed by atoms with van der Waals surface area (Å²) >= 11 is 0. The van der Waals surface area contributed by atoms with Crippen LogP contribution in [0.2, 0.25) is 0 Å². The average molecular weight is 321 g/mol. The number of nitrogens with one attached hydrogen (secondary N) is 1. The van der Waals surface area contributed by atoms with Crippen molar-refractivity contribution in [3.63, 3.8) is 0 Å². The number of fused-ring (bicyclic) bond motifs is 1. The quantitative estimate of drug-likeness (QED) is 0.592. The summed E-state index contributed by atoms with van der Waals surface area (Å²) in [7, 11) is 0. The number of hydrogen-bond acceptors (Lipinski definition) is 3. The molecular weight excluding hydrogens is 298 g/mol.